The maximum atomic E-state index is 13.0. The van der Waals surface area contributed by atoms with Crippen molar-refractivity contribution >= 4 is 41.0 Å². The number of benzene rings is 1. The van der Waals surface area contributed by atoms with Crippen LogP contribution >= 0.6 is 23.2 Å². The summed E-state index contributed by atoms with van der Waals surface area (Å²) in [7, 11) is 0. The van der Waals surface area contributed by atoms with E-state index in [9.17, 15) is 29.4 Å². The number of aromatic hydroxyl groups is 2. The lowest BCUT2D eigenvalue weighted by Crippen LogP contribution is -2.37. The van der Waals surface area contributed by atoms with Gasteiger partial charge in [-0.2, -0.15) is 0 Å². The molecule has 1 aromatic heterocycles. The topological polar surface area (TPSA) is 158 Å². The maximum absolute atomic E-state index is 13.0. The van der Waals surface area contributed by atoms with Gasteiger partial charge >= 0.3 is 5.97 Å². The number of nitrogens with one attached hydrogen (secondary N) is 2. The summed E-state index contributed by atoms with van der Waals surface area (Å²) in [6.07, 6.45) is 2.83. The number of hydrogen-bond donors (Lipinski definition) is 5. The minimum Gasteiger partial charge on any atom is -0.506 e. The van der Waals surface area contributed by atoms with E-state index in [-0.39, 0.29) is 18.1 Å². The Hall–Kier alpha value is -3.24. The summed E-state index contributed by atoms with van der Waals surface area (Å²) in [6, 6.07) is 4.40. The van der Waals surface area contributed by atoms with Gasteiger partial charge < -0.3 is 26.0 Å². The average Bonchev–Trinajstić information content (AvgIpc) is 3.55. The summed E-state index contributed by atoms with van der Waals surface area (Å²) in [5.74, 6) is -4.92. The lowest BCUT2D eigenvalue weighted by molar-refractivity contribution is -0.135. The Balaban J connectivity index is 2.06. The molecule has 1 aliphatic carbocycles. The van der Waals surface area contributed by atoms with Gasteiger partial charge in [0.05, 0.1) is 6.54 Å². The van der Waals surface area contributed by atoms with Crippen molar-refractivity contribution in [3.63, 3.8) is 0 Å². The van der Waals surface area contributed by atoms with Crippen molar-refractivity contribution in [1.82, 2.24) is 15.2 Å². The van der Waals surface area contributed by atoms with Crippen LogP contribution in [0.2, 0.25) is 10.0 Å². The molecule has 33 heavy (non-hydrogen) atoms. The van der Waals surface area contributed by atoms with Crippen LogP contribution in [0.25, 0.3) is 0 Å². The van der Waals surface area contributed by atoms with E-state index >= 15 is 0 Å². The van der Waals surface area contributed by atoms with E-state index in [0.29, 0.717) is 27.5 Å². The zero-order valence-electron chi connectivity index (χ0n) is 17.2. The Morgan fingerprint density at radius 3 is 2.33 bits per heavy atom. The van der Waals surface area contributed by atoms with Crippen molar-refractivity contribution in [2.75, 3.05) is 13.1 Å². The summed E-state index contributed by atoms with van der Waals surface area (Å²) >= 11 is 12.0. The zero-order valence-corrected chi connectivity index (χ0v) is 18.7. The van der Waals surface area contributed by atoms with E-state index in [1.165, 1.54) is 18.2 Å². The van der Waals surface area contributed by atoms with Crippen LogP contribution in [-0.2, 0) is 11.3 Å². The van der Waals surface area contributed by atoms with Crippen LogP contribution in [-0.4, -0.2) is 50.8 Å². The molecular weight excluding hydrogens is 477 g/mol. The predicted molar refractivity (Wildman–Crippen MR) is 119 cm³/mol. The lowest BCUT2D eigenvalue weighted by atomic mass is 10.1. The molecule has 1 heterocycles. The molecule has 176 valence electrons. The third-order valence-electron chi connectivity index (χ3n) is 5.14. The molecule has 1 aromatic carbocycles. The number of carbonyl (C=O) groups is 3. The third kappa shape index (κ3) is 5.77. The van der Waals surface area contributed by atoms with Gasteiger partial charge in [-0.3, -0.25) is 23.7 Å². The van der Waals surface area contributed by atoms with Crippen LogP contribution in [0.5, 0.6) is 11.6 Å². The second-order valence-electron chi connectivity index (χ2n) is 7.61. The Morgan fingerprint density at radius 2 is 1.73 bits per heavy atom. The number of hydrogen-bond acceptors (Lipinski definition) is 6. The van der Waals surface area contributed by atoms with Crippen molar-refractivity contribution in [2.45, 2.75) is 25.8 Å². The third-order valence-corrected chi connectivity index (χ3v) is 5.73. The maximum Gasteiger partial charge on any atom is 0.322 e. The number of carboxylic acids is 1. The van der Waals surface area contributed by atoms with Gasteiger partial charge in [0, 0.05) is 16.6 Å². The first-order valence-corrected chi connectivity index (χ1v) is 10.8. The Bertz CT molecular complexity index is 1180. The highest BCUT2D eigenvalue weighted by molar-refractivity contribution is 6.35. The number of halogens is 2. The Kier molecular flexibility index (Phi) is 7.50. The SMILES string of the molecule is O=C(O)CNC(=O)c1c(O)c(C(=O)NCCC2CC2)c(O)n(Cc2ccc(Cl)cc2Cl)c1=O. The number of nitrogens with zero attached hydrogens (tertiary/aromatic N) is 1. The number of amides is 2. The van der Waals surface area contributed by atoms with E-state index < -0.39 is 52.6 Å². The summed E-state index contributed by atoms with van der Waals surface area (Å²) in [6.45, 7) is -0.919. The Morgan fingerprint density at radius 1 is 1.06 bits per heavy atom. The molecule has 3 rings (SSSR count). The second-order valence-corrected chi connectivity index (χ2v) is 8.46. The van der Waals surface area contributed by atoms with Gasteiger partial charge in [0.25, 0.3) is 17.4 Å². The second kappa shape index (κ2) is 10.1. The number of carbonyl (C=O) groups excluding carboxylic acids is 2. The molecule has 1 saturated carbocycles. The highest BCUT2D eigenvalue weighted by Gasteiger charge is 2.30. The molecule has 1 aliphatic rings. The summed E-state index contributed by atoms with van der Waals surface area (Å²) in [4.78, 5) is 49.0. The van der Waals surface area contributed by atoms with Crippen LogP contribution in [0.15, 0.2) is 23.0 Å². The molecule has 0 unspecified atom stereocenters. The molecule has 0 saturated heterocycles. The Labute approximate surface area is 197 Å². The summed E-state index contributed by atoms with van der Waals surface area (Å²) in [5, 5.41) is 35.1. The van der Waals surface area contributed by atoms with E-state index in [2.05, 4.69) is 5.32 Å². The molecule has 2 aromatic rings. The molecule has 1 fully saturated rings. The average molecular weight is 498 g/mol. The number of pyridine rings is 1. The minimum absolute atomic E-state index is 0.161. The van der Waals surface area contributed by atoms with Crippen molar-refractivity contribution in [3.05, 3.63) is 55.3 Å². The molecule has 0 aliphatic heterocycles. The zero-order chi connectivity index (χ0) is 24.3. The van der Waals surface area contributed by atoms with Gasteiger partial charge in [0.1, 0.15) is 17.7 Å². The number of carboxylic acid groups (broad SMARTS) is 1. The first-order valence-electron chi connectivity index (χ1n) is 10.0. The summed E-state index contributed by atoms with van der Waals surface area (Å²) in [5.41, 5.74) is -2.38. The number of aromatic nitrogens is 1. The smallest absolute Gasteiger partial charge is 0.322 e. The molecule has 12 heteroatoms. The largest absolute Gasteiger partial charge is 0.506 e. The molecule has 0 radical (unpaired) electrons. The quantitative estimate of drug-likeness (QED) is 0.354. The molecule has 10 nitrogen and oxygen atoms in total. The lowest BCUT2D eigenvalue weighted by Gasteiger charge is -2.17. The van der Waals surface area contributed by atoms with E-state index in [0.717, 1.165) is 12.8 Å². The monoisotopic (exact) mass is 497 g/mol. The van der Waals surface area contributed by atoms with Crippen LogP contribution in [0.4, 0.5) is 0 Å². The van der Waals surface area contributed by atoms with Crippen LogP contribution in [0.1, 0.15) is 45.5 Å². The highest BCUT2D eigenvalue weighted by atomic mass is 35.5. The first-order chi connectivity index (χ1) is 15.6. The normalized spacial score (nSPS) is 12.9. The standard InChI is InChI=1S/C21H21Cl2N3O7/c22-12-4-3-11(13(23)7-12)9-26-20(32)15(18(30)24-6-5-10-1-2-10)17(29)16(21(26)33)19(31)25-8-14(27)28/h3-4,7,10,29,32H,1-2,5-6,8-9H2,(H,24,30)(H,25,31)(H,27,28). The fourth-order valence-electron chi connectivity index (χ4n) is 3.21. The fraction of sp³-hybridized carbons (Fsp3) is 0.333. The van der Waals surface area contributed by atoms with Crippen molar-refractivity contribution < 1.29 is 29.7 Å². The first kappa shape index (κ1) is 24.4. The van der Waals surface area contributed by atoms with E-state index in [1.807, 2.05) is 5.32 Å². The van der Waals surface area contributed by atoms with E-state index in [4.69, 9.17) is 28.3 Å². The molecule has 0 bridgehead atoms. The number of aliphatic carboxylic acids is 1. The molecule has 0 spiro atoms. The van der Waals surface area contributed by atoms with Crippen molar-refractivity contribution in [2.24, 2.45) is 5.92 Å². The molecular formula is C21H21Cl2N3O7. The van der Waals surface area contributed by atoms with E-state index in [1.54, 1.807) is 0 Å². The summed E-state index contributed by atoms with van der Waals surface area (Å²) < 4.78 is 0.695. The van der Waals surface area contributed by atoms with Crippen molar-refractivity contribution in [3.8, 4) is 11.6 Å². The van der Waals surface area contributed by atoms with Crippen LogP contribution in [0.3, 0.4) is 0 Å². The van der Waals surface area contributed by atoms with Gasteiger partial charge in [-0.1, -0.05) is 42.1 Å². The fourth-order valence-corrected chi connectivity index (χ4v) is 3.68. The van der Waals surface area contributed by atoms with Gasteiger partial charge in [0.2, 0.25) is 5.88 Å². The predicted octanol–water partition coefficient (Wildman–Crippen LogP) is 1.96. The number of rotatable bonds is 9. The molecule has 2 amide bonds. The van der Waals surface area contributed by atoms with Gasteiger partial charge in [0.15, 0.2) is 5.75 Å². The van der Waals surface area contributed by atoms with Crippen LogP contribution < -0.4 is 16.2 Å². The van der Waals surface area contributed by atoms with Crippen molar-refractivity contribution in [1.29, 1.82) is 0 Å². The van der Waals surface area contributed by atoms with Gasteiger partial charge in [-0.05, 0) is 30.0 Å². The highest BCUT2D eigenvalue weighted by Crippen LogP contribution is 2.32. The van der Waals surface area contributed by atoms with Gasteiger partial charge in [-0.15, -0.1) is 0 Å². The molecule has 5 N–H and O–H groups in total. The van der Waals surface area contributed by atoms with Crippen LogP contribution in [0, 0.1) is 5.92 Å². The molecule has 0 atom stereocenters. The minimum atomic E-state index is -1.38. The van der Waals surface area contributed by atoms with Gasteiger partial charge in [-0.25, -0.2) is 0 Å².